The zero-order valence-corrected chi connectivity index (χ0v) is 13.3. The van der Waals surface area contributed by atoms with E-state index in [0.717, 1.165) is 23.9 Å². The number of phenols is 1. The van der Waals surface area contributed by atoms with E-state index in [9.17, 15) is 5.11 Å². The lowest BCUT2D eigenvalue weighted by Crippen LogP contribution is -2.05. The molecule has 0 fully saturated rings. The lowest BCUT2D eigenvalue weighted by atomic mass is 10.00. The molecule has 2 aromatic rings. The molecule has 0 atom stereocenters. The predicted octanol–water partition coefficient (Wildman–Crippen LogP) is 4.35. The number of benzene rings is 1. The molecule has 1 heterocycles. The van der Waals surface area contributed by atoms with Gasteiger partial charge in [0.2, 0.25) is 0 Å². The molecular weight excluding hydrogens is 274 g/mol. The summed E-state index contributed by atoms with van der Waals surface area (Å²) in [5.74, 6) is 5.71. The first kappa shape index (κ1) is 16.3. The second-order valence-corrected chi connectivity index (χ2v) is 5.63. The number of rotatable bonds is 8. The smallest absolute Gasteiger partial charge is 0.150 e. The van der Waals surface area contributed by atoms with Crippen LogP contribution in [0.4, 0.5) is 0 Å². The van der Waals surface area contributed by atoms with Gasteiger partial charge in [-0.25, -0.2) is 0 Å². The average Bonchev–Trinajstić information content (AvgIpc) is 2.56. The minimum absolute atomic E-state index is 0.174. The molecule has 2 rings (SSSR count). The van der Waals surface area contributed by atoms with Gasteiger partial charge in [-0.3, -0.25) is 4.98 Å². The van der Waals surface area contributed by atoms with Crippen molar-refractivity contribution in [2.24, 2.45) is 10.9 Å². The van der Waals surface area contributed by atoms with Crippen LogP contribution in [0.15, 0.2) is 35.6 Å². The number of hydrogen-bond donors (Lipinski definition) is 2. The lowest BCUT2D eigenvalue weighted by molar-refractivity contribution is 0.479. The third-order valence-corrected chi connectivity index (χ3v) is 3.98. The van der Waals surface area contributed by atoms with Crippen molar-refractivity contribution in [2.75, 3.05) is 0 Å². The molecule has 22 heavy (non-hydrogen) atoms. The highest BCUT2D eigenvalue weighted by Gasteiger charge is 2.12. The van der Waals surface area contributed by atoms with Gasteiger partial charge in [0.05, 0.1) is 5.71 Å². The molecule has 0 aliphatic carbocycles. The van der Waals surface area contributed by atoms with Crippen LogP contribution < -0.4 is 5.84 Å². The van der Waals surface area contributed by atoms with E-state index in [-0.39, 0.29) is 5.75 Å². The van der Waals surface area contributed by atoms with Gasteiger partial charge in [-0.05, 0) is 25.0 Å². The Morgan fingerprint density at radius 1 is 1.14 bits per heavy atom. The van der Waals surface area contributed by atoms with Gasteiger partial charge in [-0.1, -0.05) is 51.2 Å². The van der Waals surface area contributed by atoms with Gasteiger partial charge in [-0.2, -0.15) is 5.10 Å². The highest BCUT2D eigenvalue weighted by Crippen LogP contribution is 2.28. The van der Waals surface area contributed by atoms with Crippen molar-refractivity contribution in [1.29, 1.82) is 0 Å². The van der Waals surface area contributed by atoms with E-state index in [0.29, 0.717) is 11.1 Å². The van der Waals surface area contributed by atoms with Crippen molar-refractivity contribution >= 4 is 16.6 Å². The van der Waals surface area contributed by atoms with Crippen LogP contribution >= 0.6 is 0 Å². The predicted molar refractivity (Wildman–Crippen MR) is 92.1 cm³/mol. The zero-order valence-electron chi connectivity index (χ0n) is 13.3. The van der Waals surface area contributed by atoms with E-state index in [1.54, 1.807) is 6.20 Å². The molecule has 0 bridgehead atoms. The molecular formula is C18H25N3O. The van der Waals surface area contributed by atoms with Gasteiger partial charge < -0.3 is 10.9 Å². The zero-order chi connectivity index (χ0) is 15.8. The van der Waals surface area contributed by atoms with Crippen LogP contribution in [0.25, 0.3) is 10.9 Å². The fourth-order valence-electron chi connectivity index (χ4n) is 2.70. The maximum absolute atomic E-state index is 10.4. The normalized spacial score (nSPS) is 12.0. The SMILES string of the molecule is CCCCCCCC/C(=N/N)c1ccc2cccnc2c1O. The van der Waals surface area contributed by atoms with E-state index < -0.39 is 0 Å². The Hall–Kier alpha value is -2.10. The summed E-state index contributed by atoms with van der Waals surface area (Å²) in [6, 6.07) is 7.61. The fraction of sp³-hybridized carbons (Fsp3) is 0.444. The molecule has 0 aliphatic rings. The summed E-state index contributed by atoms with van der Waals surface area (Å²) in [4.78, 5) is 4.24. The number of pyridine rings is 1. The monoisotopic (exact) mass is 299 g/mol. The number of hydrogen-bond acceptors (Lipinski definition) is 4. The van der Waals surface area contributed by atoms with Crippen molar-refractivity contribution in [3.05, 3.63) is 36.0 Å². The Morgan fingerprint density at radius 3 is 2.68 bits per heavy atom. The van der Waals surface area contributed by atoms with Crippen molar-refractivity contribution in [3.8, 4) is 5.75 Å². The van der Waals surface area contributed by atoms with Crippen LogP contribution in [0.3, 0.4) is 0 Å². The summed E-state index contributed by atoms with van der Waals surface area (Å²) >= 11 is 0. The Kier molecular flexibility index (Phi) is 6.19. The maximum Gasteiger partial charge on any atom is 0.150 e. The second-order valence-electron chi connectivity index (χ2n) is 5.63. The number of aromatic nitrogens is 1. The molecule has 0 saturated carbocycles. The quantitative estimate of drug-likeness (QED) is 0.329. The lowest BCUT2D eigenvalue weighted by Gasteiger charge is -2.09. The van der Waals surface area contributed by atoms with Crippen LogP contribution in [0.1, 0.15) is 57.4 Å². The van der Waals surface area contributed by atoms with Crippen LogP contribution in [0, 0.1) is 0 Å². The number of phenolic OH excluding ortho intramolecular Hbond substituents is 1. The largest absolute Gasteiger partial charge is 0.505 e. The highest BCUT2D eigenvalue weighted by atomic mass is 16.3. The number of aromatic hydroxyl groups is 1. The molecule has 0 spiro atoms. The van der Waals surface area contributed by atoms with Crippen LogP contribution in [-0.2, 0) is 0 Å². The molecule has 0 saturated heterocycles. The third-order valence-electron chi connectivity index (χ3n) is 3.98. The first-order valence-electron chi connectivity index (χ1n) is 8.11. The summed E-state index contributed by atoms with van der Waals surface area (Å²) < 4.78 is 0. The van der Waals surface area contributed by atoms with Gasteiger partial charge in [-0.15, -0.1) is 0 Å². The summed E-state index contributed by atoms with van der Waals surface area (Å²) in [6.45, 7) is 2.22. The number of nitrogens with zero attached hydrogens (tertiary/aromatic N) is 2. The maximum atomic E-state index is 10.4. The Balaban J connectivity index is 2.04. The summed E-state index contributed by atoms with van der Waals surface area (Å²) in [5, 5.41) is 15.2. The van der Waals surface area contributed by atoms with Gasteiger partial charge in [0, 0.05) is 17.1 Å². The van der Waals surface area contributed by atoms with Crippen molar-refractivity contribution in [1.82, 2.24) is 4.98 Å². The highest BCUT2D eigenvalue weighted by molar-refractivity contribution is 6.06. The Bertz CT molecular complexity index is 637. The second kappa shape index (κ2) is 8.37. The molecule has 3 N–H and O–H groups in total. The molecule has 118 valence electrons. The Morgan fingerprint density at radius 2 is 1.91 bits per heavy atom. The first-order chi connectivity index (χ1) is 10.8. The number of fused-ring (bicyclic) bond motifs is 1. The van der Waals surface area contributed by atoms with Gasteiger partial charge >= 0.3 is 0 Å². The number of hydrazone groups is 1. The van der Waals surface area contributed by atoms with Crippen LogP contribution in [-0.4, -0.2) is 15.8 Å². The van der Waals surface area contributed by atoms with E-state index >= 15 is 0 Å². The van der Waals surface area contributed by atoms with Gasteiger partial charge in [0.1, 0.15) is 5.52 Å². The van der Waals surface area contributed by atoms with E-state index in [4.69, 9.17) is 5.84 Å². The standard InChI is InChI=1S/C18H25N3O/c1-2-3-4-5-6-7-10-16(21-19)15-12-11-14-9-8-13-20-17(14)18(15)22/h8-9,11-13,22H,2-7,10,19H2,1H3/b21-16-. The minimum Gasteiger partial charge on any atom is -0.505 e. The van der Waals surface area contributed by atoms with Crippen LogP contribution in [0.2, 0.25) is 0 Å². The first-order valence-corrected chi connectivity index (χ1v) is 8.11. The van der Waals surface area contributed by atoms with Gasteiger partial charge in [0.25, 0.3) is 0 Å². The molecule has 0 radical (unpaired) electrons. The molecule has 0 unspecified atom stereocenters. The molecule has 1 aromatic carbocycles. The molecule has 0 aliphatic heterocycles. The minimum atomic E-state index is 0.174. The topological polar surface area (TPSA) is 71.5 Å². The average molecular weight is 299 g/mol. The molecule has 1 aromatic heterocycles. The van der Waals surface area contributed by atoms with Crippen molar-refractivity contribution in [3.63, 3.8) is 0 Å². The number of nitrogens with two attached hydrogens (primary N) is 1. The van der Waals surface area contributed by atoms with Crippen LogP contribution in [0.5, 0.6) is 5.75 Å². The van der Waals surface area contributed by atoms with Gasteiger partial charge in [0.15, 0.2) is 5.75 Å². The third kappa shape index (κ3) is 3.97. The van der Waals surface area contributed by atoms with E-state index in [1.807, 2.05) is 24.3 Å². The fourth-order valence-corrected chi connectivity index (χ4v) is 2.70. The summed E-state index contributed by atoms with van der Waals surface area (Å²) in [5.41, 5.74) is 2.05. The van der Waals surface area contributed by atoms with E-state index in [2.05, 4.69) is 17.0 Å². The number of unbranched alkanes of at least 4 members (excludes halogenated alkanes) is 5. The molecule has 0 amide bonds. The summed E-state index contributed by atoms with van der Waals surface area (Å²) in [6.07, 6.45) is 9.77. The van der Waals surface area contributed by atoms with Crippen molar-refractivity contribution < 1.29 is 5.11 Å². The Labute approximate surface area is 132 Å². The summed E-state index contributed by atoms with van der Waals surface area (Å²) in [7, 11) is 0. The van der Waals surface area contributed by atoms with Crippen molar-refractivity contribution in [2.45, 2.75) is 51.9 Å². The molecule has 4 heteroatoms. The molecule has 4 nitrogen and oxygen atoms in total. The van der Waals surface area contributed by atoms with E-state index in [1.165, 1.54) is 32.1 Å².